The van der Waals surface area contributed by atoms with Crippen LogP contribution in [0, 0.1) is 18.3 Å². The number of aromatic nitrogens is 1. The molecule has 0 aromatic carbocycles. The first-order chi connectivity index (χ1) is 11.1. The Balaban J connectivity index is 1.78. The smallest absolute Gasteiger partial charge is 0.142 e. The minimum absolute atomic E-state index is 0.0263. The van der Waals surface area contributed by atoms with E-state index in [1.807, 2.05) is 13.1 Å². The molecule has 7 heteroatoms. The van der Waals surface area contributed by atoms with Crippen molar-refractivity contribution in [3.8, 4) is 5.75 Å². The fraction of sp³-hybridized carbons (Fsp3) is 0.688. The number of hydrogen-bond donors (Lipinski definition) is 4. The van der Waals surface area contributed by atoms with E-state index in [1.54, 1.807) is 11.7 Å². The molecule has 5 N–H and O–H groups in total. The van der Waals surface area contributed by atoms with Crippen molar-refractivity contribution in [3.63, 3.8) is 0 Å². The van der Waals surface area contributed by atoms with Gasteiger partial charge >= 0.3 is 0 Å². The fourth-order valence-corrected chi connectivity index (χ4v) is 3.09. The van der Waals surface area contributed by atoms with Crippen LogP contribution in [0.25, 0.3) is 0 Å². The number of nitrogen functional groups attached to an aromatic ring is 1. The zero-order valence-corrected chi connectivity index (χ0v) is 14.1. The van der Waals surface area contributed by atoms with Gasteiger partial charge in [0.05, 0.1) is 12.8 Å². The third kappa shape index (κ3) is 4.39. The van der Waals surface area contributed by atoms with Crippen molar-refractivity contribution in [3.05, 3.63) is 17.5 Å². The lowest BCUT2D eigenvalue weighted by Crippen LogP contribution is -2.35. The van der Waals surface area contributed by atoms with Gasteiger partial charge in [0.15, 0.2) is 0 Å². The molecule has 23 heavy (non-hydrogen) atoms. The highest BCUT2D eigenvalue weighted by Gasteiger charge is 2.18. The van der Waals surface area contributed by atoms with E-state index >= 15 is 0 Å². The van der Waals surface area contributed by atoms with E-state index in [9.17, 15) is 0 Å². The Morgan fingerprint density at radius 2 is 2.17 bits per heavy atom. The number of ether oxygens (including phenoxy) is 1. The molecule has 0 spiro atoms. The number of nitrogens with one attached hydrogen (secondary N) is 2. The van der Waals surface area contributed by atoms with Gasteiger partial charge in [0.25, 0.3) is 0 Å². The van der Waals surface area contributed by atoms with Gasteiger partial charge in [0.2, 0.25) is 0 Å². The van der Waals surface area contributed by atoms with Crippen molar-refractivity contribution in [1.82, 2.24) is 9.58 Å². The maximum Gasteiger partial charge on any atom is 0.142 e. The molecule has 2 heterocycles. The lowest BCUT2D eigenvalue weighted by atomic mass is 9.98. The highest BCUT2D eigenvalue weighted by molar-refractivity contribution is 5.95. The second kappa shape index (κ2) is 8.21. The summed E-state index contributed by atoms with van der Waals surface area (Å²) in [5.74, 6) is 1.28. The maximum atomic E-state index is 9.16. The molecular weight excluding hydrogens is 294 g/mol. The van der Waals surface area contributed by atoms with E-state index in [-0.39, 0.29) is 5.84 Å². The Kier molecular flexibility index (Phi) is 6.29. The van der Waals surface area contributed by atoms with Crippen LogP contribution in [-0.2, 0) is 0 Å². The van der Waals surface area contributed by atoms with Crippen LogP contribution < -0.4 is 15.9 Å². The first-order valence-corrected chi connectivity index (χ1v) is 8.27. The predicted molar refractivity (Wildman–Crippen MR) is 91.8 cm³/mol. The SMILES string of the molecule is CNn1cc(OCCCN2CCC(CO)CC2)c(C)c1C(=N)N. The lowest BCUT2D eigenvalue weighted by Gasteiger charge is -2.30. The van der Waals surface area contributed by atoms with Gasteiger partial charge in [0, 0.05) is 25.8 Å². The average Bonchev–Trinajstić information content (AvgIpc) is 2.88. The van der Waals surface area contributed by atoms with Crippen LogP contribution >= 0.6 is 0 Å². The van der Waals surface area contributed by atoms with Gasteiger partial charge < -0.3 is 25.9 Å². The summed E-state index contributed by atoms with van der Waals surface area (Å²) in [6.45, 7) is 6.02. The zero-order valence-electron chi connectivity index (χ0n) is 14.1. The highest BCUT2D eigenvalue weighted by Crippen LogP contribution is 2.23. The predicted octanol–water partition coefficient (Wildman–Crippen LogP) is 0.727. The van der Waals surface area contributed by atoms with Crippen LogP contribution in [0.3, 0.4) is 0 Å². The van der Waals surface area contributed by atoms with Gasteiger partial charge in [-0.25, -0.2) is 0 Å². The minimum Gasteiger partial charge on any atom is -0.492 e. The summed E-state index contributed by atoms with van der Waals surface area (Å²) in [4.78, 5) is 2.43. The summed E-state index contributed by atoms with van der Waals surface area (Å²) < 4.78 is 7.58. The first kappa shape index (κ1) is 17.6. The van der Waals surface area contributed by atoms with Crippen molar-refractivity contribution in [2.24, 2.45) is 11.7 Å². The summed E-state index contributed by atoms with van der Waals surface area (Å²) in [7, 11) is 1.78. The third-order valence-electron chi connectivity index (χ3n) is 4.55. The fourth-order valence-electron chi connectivity index (χ4n) is 3.09. The molecule has 0 unspecified atom stereocenters. The molecule has 1 aromatic heterocycles. The number of likely N-dealkylation sites (tertiary alicyclic amines) is 1. The van der Waals surface area contributed by atoms with E-state index in [0.29, 0.717) is 24.8 Å². The molecule has 0 radical (unpaired) electrons. The lowest BCUT2D eigenvalue weighted by molar-refractivity contribution is 0.126. The topological polar surface area (TPSA) is 99.5 Å². The summed E-state index contributed by atoms with van der Waals surface area (Å²) in [5.41, 5.74) is 10.1. The molecule has 1 aliphatic heterocycles. The van der Waals surface area contributed by atoms with Gasteiger partial charge in [-0.15, -0.1) is 0 Å². The van der Waals surface area contributed by atoms with E-state index in [0.717, 1.165) is 50.2 Å². The quantitative estimate of drug-likeness (QED) is 0.321. The number of aliphatic hydroxyl groups excluding tert-OH is 1. The number of aliphatic hydroxyl groups is 1. The van der Waals surface area contributed by atoms with Crippen LogP contribution in [0.15, 0.2) is 6.20 Å². The Bertz CT molecular complexity index is 521. The summed E-state index contributed by atoms with van der Waals surface area (Å²) in [6, 6.07) is 0. The second-order valence-corrected chi connectivity index (χ2v) is 6.14. The number of piperidine rings is 1. The van der Waals surface area contributed by atoms with Crippen molar-refractivity contribution < 1.29 is 9.84 Å². The van der Waals surface area contributed by atoms with Gasteiger partial charge in [0.1, 0.15) is 17.3 Å². The molecule has 1 saturated heterocycles. The van der Waals surface area contributed by atoms with E-state index in [1.165, 1.54) is 0 Å². The molecule has 7 nitrogen and oxygen atoms in total. The Hall–Kier alpha value is -1.73. The summed E-state index contributed by atoms with van der Waals surface area (Å²) in [6.07, 6.45) is 4.97. The van der Waals surface area contributed by atoms with Gasteiger partial charge in [-0.05, 0) is 45.2 Å². The van der Waals surface area contributed by atoms with Crippen molar-refractivity contribution in [2.45, 2.75) is 26.2 Å². The van der Waals surface area contributed by atoms with Crippen LogP contribution in [0.2, 0.25) is 0 Å². The summed E-state index contributed by atoms with van der Waals surface area (Å²) >= 11 is 0. The van der Waals surface area contributed by atoms with Crippen LogP contribution in [0.1, 0.15) is 30.5 Å². The molecule has 0 atom stereocenters. The third-order valence-corrected chi connectivity index (χ3v) is 4.55. The molecule has 0 bridgehead atoms. The number of nitrogens with two attached hydrogens (primary N) is 1. The Morgan fingerprint density at radius 1 is 1.48 bits per heavy atom. The van der Waals surface area contributed by atoms with E-state index < -0.39 is 0 Å². The summed E-state index contributed by atoms with van der Waals surface area (Å²) in [5, 5.41) is 16.8. The Labute approximate surface area is 137 Å². The molecule has 2 rings (SSSR count). The monoisotopic (exact) mass is 323 g/mol. The van der Waals surface area contributed by atoms with Gasteiger partial charge in [-0.2, -0.15) is 0 Å². The number of amidine groups is 1. The number of hydrogen-bond acceptors (Lipinski definition) is 5. The van der Waals surface area contributed by atoms with Crippen LogP contribution in [-0.4, -0.2) is 60.4 Å². The molecule has 0 aliphatic carbocycles. The van der Waals surface area contributed by atoms with Crippen LogP contribution in [0.5, 0.6) is 5.75 Å². The zero-order chi connectivity index (χ0) is 16.8. The first-order valence-electron chi connectivity index (χ1n) is 8.27. The standard InChI is InChI=1S/C16H29N5O2/c1-12-14(10-21(19-2)15(12)16(17)18)23-9-3-6-20-7-4-13(11-22)5-8-20/h10,13,19,22H,3-9,11H2,1-2H3,(H3,17,18). The van der Waals surface area contributed by atoms with E-state index in [2.05, 4.69) is 10.3 Å². The van der Waals surface area contributed by atoms with E-state index in [4.69, 9.17) is 21.0 Å². The van der Waals surface area contributed by atoms with Crippen molar-refractivity contribution >= 4 is 5.84 Å². The minimum atomic E-state index is 0.0263. The molecule has 1 fully saturated rings. The average molecular weight is 323 g/mol. The molecule has 0 saturated carbocycles. The molecular formula is C16H29N5O2. The number of rotatable bonds is 8. The van der Waals surface area contributed by atoms with Crippen molar-refractivity contribution in [2.75, 3.05) is 45.3 Å². The van der Waals surface area contributed by atoms with Crippen molar-refractivity contribution in [1.29, 1.82) is 5.41 Å². The van der Waals surface area contributed by atoms with Crippen LogP contribution in [0.4, 0.5) is 0 Å². The maximum absolute atomic E-state index is 9.16. The highest BCUT2D eigenvalue weighted by atomic mass is 16.5. The normalized spacial score (nSPS) is 16.5. The van der Waals surface area contributed by atoms with Gasteiger partial charge in [-0.1, -0.05) is 0 Å². The number of nitrogens with zero attached hydrogens (tertiary/aromatic N) is 2. The molecule has 1 aliphatic rings. The largest absolute Gasteiger partial charge is 0.492 e. The van der Waals surface area contributed by atoms with Gasteiger partial charge in [-0.3, -0.25) is 10.1 Å². The second-order valence-electron chi connectivity index (χ2n) is 6.14. The molecule has 130 valence electrons. The molecule has 0 amide bonds. The molecule has 1 aromatic rings. The Morgan fingerprint density at radius 3 is 2.70 bits per heavy atom.